The SMILES string of the molecule is CCOc1c(I)cc(/C=N/NC(=O)c2ccc(N3CCCC3)cc2)cc1OC. The maximum Gasteiger partial charge on any atom is 0.271 e. The van der Waals surface area contributed by atoms with E-state index in [9.17, 15) is 4.79 Å². The molecule has 1 fully saturated rings. The van der Waals surface area contributed by atoms with Gasteiger partial charge in [-0.15, -0.1) is 0 Å². The number of amides is 1. The average Bonchev–Trinajstić information content (AvgIpc) is 3.24. The van der Waals surface area contributed by atoms with Crippen molar-refractivity contribution in [1.82, 2.24) is 5.43 Å². The number of carbonyl (C=O) groups is 1. The average molecular weight is 493 g/mol. The molecule has 1 aliphatic heterocycles. The lowest BCUT2D eigenvalue weighted by molar-refractivity contribution is 0.0955. The van der Waals surface area contributed by atoms with Crippen LogP contribution in [0.15, 0.2) is 41.5 Å². The predicted octanol–water partition coefficient (Wildman–Crippen LogP) is 4.06. The fourth-order valence-electron chi connectivity index (χ4n) is 3.13. The zero-order chi connectivity index (χ0) is 19.9. The molecular formula is C21H24IN3O3. The number of rotatable bonds is 7. The van der Waals surface area contributed by atoms with E-state index in [-0.39, 0.29) is 5.91 Å². The van der Waals surface area contributed by atoms with Gasteiger partial charge in [-0.3, -0.25) is 4.79 Å². The van der Waals surface area contributed by atoms with Crippen molar-refractivity contribution >= 4 is 40.4 Å². The highest BCUT2D eigenvalue weighted by atomic mass is 127. The molecule has 1 saturated heterocycles. The molecule has 0 radical (unpaired) electrons. The summed E-state index contributed by atoms with van der Waals surface area (Å²) in [6.45, 7) is 4.66. The topological polar surface area (TPSA) is 63.2 Å². The highest BCUT2D eigenvalue weighted by molar-refractivity contribution is 14.1. The molecular weight excluding hydrogens is 469 g/mol. The Morgan fingerprint density at radius 3 is 2.61 bits per heavy atom. The van der Waals surface area contributed by atoms with E-state index in [4.69, 9.17) is 9.47 Å². The monoisotopic (exact) mass is 493 g/mol. The number of ether oxygens (including phenoxy) is 2. The molecule has 7 heteroatoms. The number of methoxy groups -OCH3 is 1. The zero-order valence-electron chi connectivity index (χ0n) is 16.1. The van der Waals surface area contributed by atoms with Gasteiger partial charge in [0.15, 0.2) is 11.5 Å². The molecule has 28 heavy (non-hydrogen) atoms. The highest BCUT2D eigenvalue weighted by Gasteiger charge is 2.13. The van der Waals surface area contributed by atoms with Gasteiger partial charge in [0.05, 0.1) is 23.5 Å². The minimum absolute atomic E-state index is 0.239. The summed E-state index contributed by atoms with van der Waals surface area (Å²) in [7, 11) is 1.60. The van der Waals surface area contributed by atoms with Crippen LogP contribution in [-0.2, 0) is 0 Å². The molecule has 1 N–H and O–H groups in total. The summed E-state index contributed by atoms with van der Waals surface area (Å²) in [5.74, 6) is 1.11. The molecule has 0 saturated carbocycles. The Bertz CT molecular complexity index is 847. The standard InChI is InChI=1S/C21H24IN3O3/c1-3-28-20-18(22)12-15(13-19(20)27-2)14-23-24-21(26)16-6-8-17(9-7-16)25-10-4-5-11-25/h6-9,12-14H,3-5,10-11H2,1-2H3,(H,24,26)/b23-14+. The van der Waals surface area contributed by atoms with Gasteiger partial charge in [0.2, 0.25) is 0 Å². The van der Waals surface area contributed by atoms with Crippen LogP contribution in [0, 0.1) is 3.57 Å². The number of nitrogens with one attached hydrogen (secondary N) is 1. The third-order valence-corrected chi connectivity index (χ3v) is 5.32. The van der Waals surface area contributed by atoms with Gasteiger partial charge in [-0.2, -0.15) is 5.10 Å². The second-order valence-corrected chi connectivity index (χ2v) is 7.57. The van der Waals surface area contributed by atoms with Crippen molar-refractivity contribution in [3.05, 3.63) is 51.1 Å². The van der Waals surface area contributed by atoms with Crippen molar-refractivity contribution in [3.8, 4) is 11.5 Å². The lowest BCUT2D eigenvalue weighted by Crippen LogP contribution is -2.19. The molecule has 0 aromatic heterocycles. The molecule has 3 rings (SSSR count). The van der Waals surface area contributed by atoms with Crippen LogP contribution in [0.1, 0.15) is 35.7 Å². The first kappa shape index (κ1) is 20.4. The number of hydrazone groups is 1. The molecule has 1 amide bonds. The Labute approximate surface area is 179 Å². The van der Waals surface area contributed by atoms with Crippen LogP contribution in [-0.4, -0.2) is 38.9 Å². The van der Waals surface area contributed by atoms with Crippen molar-refractivity contribution < 1.29 is 14.3 Å². The Morgan fingerprint density at radius 1 is 1.25 bits per heavy atom. The van der Waals surface area contributed by atoms with Gasteiger partial charge in [-0.1, -0.05) is 0 Å². The number of hydrogen-bond donors (Lipinski definition) is 1. The summed E-state index contributed by atoms with van der Waals surface area (Å²) in [6, 6.07) is 11.4. The maximum atomic E-state index is 12.3. The summed E-state index contributed by atoms with van der Waals surface area (Å²) < 4.78 is 11.9. The molecule has 1 heterocycles. The third kappa shape index (κ3) is 4.95. The second-order valence-electron chi connectivity index (χ2n) is 6.41. The highest BCUT2D eigenvalue weighted by Crippen LogP contribution is 2.33. The van der Waals surface area contributed by atoms with Crippen molar-refractivity contribution in [2.75, 3.05) is 31.7 Å². The van der Waals surface area contributed by atoms with Crippen LogP contribution in [0.4, 0.5) is 5.69 Å². The quantitative estimate of drug-likeness (QED) is 0.359. The van der Waals surface area contributed by atoms with Crippen LogP contribution < -0.4 is 19.8 Å². The number of hydrogen-bond acceptors (Lipinski definition) is 5. The van der Waals surface area contributed by atoms with E-state index in [0.29, 0.717) is 23.7 Å². The number of benzene rings is 2. The normalized spacial score (nSPS) is 13.8. The van der Waals surface area contributed by atoms with Crippen molar-refractivity contribution in [1.29, 1.82) is 0 Å². The van der Waals surface area contributed by atoms with Crippen molar-refractivity contribution in [2.45, 2.75) is 19.8 Å². The summed E-state index contributed by atoms with van der Waals surface area (Å²) >= 11 is 2.19. The van der Waals surface area contributed by atoms with Gasteiger partial charge in [0.25, 0.3) is 5.91 Å². The van der Waals surface area contributed by atoms with Crippen LogP contribution in [0.2, 0.25) is 0 Å². The summed E-state index contributed by atoms with van der Waals surface area (Å²) in [4.78, 5) is 14.6. The molecule has 2 aromatic carbocycles. The van der Waals surface area contributed by atoms with Crippen LogP contribution in [0.3, 0.4) is 0 Å². The molecule has 2 aromatic rings. The lowest BCUT2D eigenvalue weighted by atomic mass is 10.2. The van der Waals surface area contributed by atoms with Gasteiger partial charge in [-0.05, 0) is 84.3 Å². The molecule has 0 unspecified atom stereocenters. The van der Waals surface area contributed by atoms with E-state index in [2.05, 4.69) is 38.0 Å². The first-order valence-corrected chi connectivity index (χ1v) is 10.4. The summed E-state index contributed by atoms with van der Waals surface area (Å²) in [5, 5.41) is 4.08. The van der Waals surface area contributed by atoms with E-state index < -0.39 is 0 Å². The Balaban J connectivity index is 1.63. The number of anilines is 1. The van der Waals surface area contributed by atoms with Crippen LogP contribution >= 0.6 is 22.6 Å². The zero-order valence-corrected chi connectivity index (χ0v) is 18.2. The first-order chi connectivity index (χ1) is 13.6. The van der Waals surface area contributed by atoms with Crippen LogP contribution in [0.25, 0.3) is 0 Å². The molecule has 0 spiro atoms. The third-order valence-electron chi connectivity index (χ3n) is 4.52. The molecule has 1 aliphatic rings. The van der Waals surface area contributed by atoms with E-state index >= 15 is 0 Å². The number of halogens is 1. The van der Waals surface area contributed by atoms with E-state index in [1.54, 1.807) is 13.3 Å². The fourth-order valence-corrected chi connectivity index (χ4v) is 3.91. The molecule has 0 atom stereocenters. The van der Waals surface area contributed by atoms with Crippen molar-refractivity contribution in [3.63, 3.8) is 0 Å². The predicted molar refractivity (Wildman–Crippen MR) is 120 cm³/mol. The van der Waals surface area contributed by atoms with Gasteiger partial charge in [0.1, 0.15) is 0 Å². The smallest absolute Gasteiger partial charge is 0.271 e. The van der Waals surface area contributed by atoms with Gasteiger partial charge >= 0.3 is 0 Å². The largest absolute Gasteiger partial charge is 0.493 e. The summed E-state index contributed by atoms with van der Waals surface area (Å²) in [5.41, 5.74) is 5.13. The lowest BCUT2D eigenvalue weighted by Gasteiger charge is -2.17. The number of nitrogens with zero attached hydrogens (tertiary/aromatic N) is 2. The fraction of sp³-hybridized carbons (Fsp3) is 0.333. The Morgan fingerprint density at radius 2 is 1.96 bits per heavy atom. The molecule has 0 aliphatic carbocycles. The Kier molecular flexibility index (Phi) is 7.13. The van der Waals surface area contributed by atoms with E-state index in [0.717, 1.165) is 27.9 Å². The van der Waals surface area contributed by atoms with Crippen LogP contribution in [0.5, 0.6) is 11.5 Å². The van der Waals surface area contributed by atoms with Gasteiger partial charge < -0.3 is 14.4 Å². The minimum atomic E-state index is -0.239. The maximum absolute atomic E-state index is 12.3. The van der Waals surface area contributed by atoms with E-state index in [1.165, 1.54) is 12.8 Å². The molecule has 6 nitrogen and oxygen atoms in total. The minimum Gasteiger partial charge on any atom is -0.493 e. The molecule has 0 bridgehead atoms. The Hall–Kier alpha value is -2.29. The van der Waals surface area contributed by atoms with Gasteiger partial charge in [0, 0.05) is 24.3 Å². The molecule has 148 valence electrons. The van der Waals surface area contributed by atoms with Gasteiger partial charge in [-0.25, -0.2) is 5.43 Å². The van der Waals surface area contributed by atoms with E-state index in [1.807, 2.05) is 43.3 Å². The second kappa shape index (κ2) is 9.77. The van der Waals surface area contributed by atoms with Crippen molar-refractivity contribution in [2.24, 2.45) is 5.10 Å². The number of carbonyl (C=O) groups excluding carboxylic acids is 1. The first-order valence-electron chi connectivity index (χ1n) is 9.31. The summed E-state index contributed by atoms with van der Waals surface area (Å²) in [6.07, 6.45) is 4.05.